The van der Waals surface area contributed by atoms with E-state index in [9.17, 15) is 19.5 Å². The molecule has 0 aliphatic rings. The molecule has 1 unspecified atom stereocenters. The minimum atomic E-state index is -1.29. The molecule has 1 rings (SSSR count). The number of nitrogens with two attached hydrogens (primary N) is 1. The molecule has 0 fully saturated rings. The molecular weight excluding hydrogens is 286 g/mol. The van der Waals surface area contributed by atoms with Crippen LogP contribution in [0.2, 0.25) is 0 Å². The zero-order valence-electron chi connectivity index (χ0n) is 13.1. The normalized spacial score (nSPS) is 13.5. The molecule has 120 valence electrons. The van der Waals surface area contributed by atoms with Crippen LogP contribution in [0.1, 0.15) is 54.1 Å². The molecule has 7 nitrogen and oxygen atoms in total. The first-order chi connectivity index (χ1) is 10.1. The van der Waals surface area contributed by atoms with Gasteiger partial charge in [-0.1, -0.05) is 20.8 Å². The van der Waals surface area contributed by atoms with E-state index in [2.05, 4.69) is 10.3 Å². The number of primary amides is 1. The van der Waals surface area contributed by atoms with E-state index in [0.29, 0.717) is 12.0 Å². The highest BCUT2D eigenvalue weighted by molar-refractivity contribution is 6.05. The minimum Gasteiger partial charge on any atom is -0.478 e. The third kappa shape index (κ3) is 3.41. The van der Waals surface area contributed by atoms with Crippen LogP contribution in [0.15, 0.2) is 12.3 Å². The number of nitrogens with one attached hydrogen (secondary N) is 1. The maximum atomic E-state index is 12.3. The summed E-state index contributed by atoms with van der Waals surface area (Å²) in [7, 11) is 0. The van der Waals surface area contributed by atoms with E-state index in [4.69, 9.17) is 5.73 Å². The summed E-state index contributed by atoms with van der Waals surface area (Å²) in [5.41, 5.74) is 4.32. The van der Waals surface area contributed by atoms with Crippen molar-refractivity contribution in [2.24, 2.45) is 11.7 Å². The average Bonchev–Trinajstić information content (AvgIpc) is 2.45. The summed E-state index contributed by atoms with van der Waals surface area (Å²) < 4.78 is 0. The average molecular weight is 307 g/mol. The quantitative estimate of drug-likeness (QED) is 0.722. The van der Waals surface area contributed by atoms with Crippen LogP contribution in [0.5, 0.6) is 0 Å². The number of carbonyl (C=O) groups is 3. The minimum absolute atomic E-state index is 0.201. The molecule has 1 aromatic rings. The van der Waals surface area contributed by atoms with E-state index in [1.54, 1.807) is 13.8 Å². The topological polar surface area (TPSA) is 122 Å². The van der Waals surface area contributed by atoms with Gasteiger partial charge < -0.3 is 16.2 Å². The molecule has 1 heterocycles. The van der Waals surface area contributed by atoms with Gasteiger partial charge in [0.25, 0.3) is 5.91 Å². The Morgan fingerprint density at radius 2 is 2.00 bits per heavy atom. The molecule has 1 atom stereocenters. The lowest BCUT2D eigenvalue weighted by Gasteiger charge is -2.31. The number of carboxylic acids is 1. The van der Waals surface area contributed by atoms with Crippen molar-refractivity contribution in [3.05, 3.63) is 29.1 Å². The van der Waals surface area contributed by atoms with Gasteiger partial charge >= 0.3 is 5.97 Å². The van der Waals surface area contributed by atoms with Crippen molar-refractivity contribution in [1.29, 1.82) is 0 Å². The first-order valence-electron chi connectivity index (χ1n) is 6.98. The molecule has 22 heavy (non-hydrogen) atoms. The van der Waals surface area contributed by atoms with Gasteiger partial charge in [-0.05, 0) is 30.9 Å². The van der Waals surface area contributed by atoms with Gasteiger partial charge in [0.15, 0.2) is 0 Å². The monoisotopic (exact) mass is 307 g/mol. The molecule has 4 N–H and O–H groups in total. The lowest BCUT2D eigenvalue weighted by molar-refractivity contribution is -0.125. The van der Waals surface area contributed by atoms with Gasteiger partial charge in [0.05, 0.1) is 5.56 Å². The highest BCUT2D eigenvalue weighted by Crippen LogP contribution is 2.18. The number of aromatic carboxylic acids is 1. The molecule has 0 saturated heterocycles. The number of rotatable bonds is 6. The Balaban J connectivity index is 3.23. The molecule has 0 saturated carbocycles. The first kappa shape index (κ1) is 17.6. The van der Waals surface area contributed by atoms with Gasteiger partial charge in [-0.25, -0.2) is 9.78 Å². The number of aromatic nitrogens is 1. The second-order valence-electron chi connectivity index (χ2n) is 5.57. The summed E-state index contributed by atoms with van der Waals surface area (Å²) in [4.78, 5) is 39.2. The number of carboxylic acid groups (broad SMARTS) is 1. The fourth-order valence-corrected chi connectivity index (χ4v) is 1.83. The van der Waals surface area contributed by atoms with Gasteiger partial charge in [-0.3, -0.25) is 9.59 Å². The Kier molecular flexibility index (Phi) is 5.24. The van der Waals surface area contributed by atoms with E-state index in [1.165, 1.54) is 19.2 Å². The van der Waals surface area contributed by atoms with Gasteiger partial charge in [0, 0.05) is 6.20 Å². The molecule has 1 aromatic heterocycles. The van der Waals surface area contributed by atoms with Crippen LogP contribution in [-0.2, 0) is 11.2 Å². The lowest BCUT2D eigenvalue weighted by Crippen LogP contribution is -2.58. The van der Waals surface area contributed by atoms with Crippen molar-refractivity contribution in [2.75, 3.05) is 0 Å². The van der Waals surface area contributed by atoms with Crippen LogP contribution in [0, 0.1) is 5.92 Å². The molecule has 0 aliphatic carbocycles. The van der Waals surface area contributed by atoms with Crippen molar-refractivity contribution in [2.45, 2.75) is 39.7 Å². The summed E-state index contributed by atoms with van der Waals surface area (Å²) in [6.07, 6.45) is 2.04. The summed E-state index contributed by atoms with van der Waals surface area (Å²) in [5, 5.41) is 11.7. The predicted molar refractivity (Wildman–Crippen MR) is 80.5 cm³/mol. The van der Waals surface area contributed by atoms with Crippen LogP contribution in [0.4, 0.5) is 0 Å². The van der Waals surface area contributed by atoms with Gasteiger partial charge in [-0.2, -0.15) is 0 Å². The van der Waals surface area contributed by atoms with Crippen LogP contribution in [-0.4, -0.2) is 33.4 Å². The van der Waals surface area contributed by atoms with E-state index >= 15 is 0 Å². The summed E-state index contributed by atoms with van der Waals surface area (Å²) in [6.45, 7) is 6.82. The standard InChI is InChI=1S/C15H21N3O4/c1-5-9-6-10(13(20)21)11(17-7-9)12(19)18-15(4,8(2)3)14(16)22/h6-8H,5H2,1-4H3,(H2,16,22)(H,18,19)(H,20,21). The second kappa shape index (κ2) is 6.55. The molecule has 0 bridgehead atoms. The fourth-order valence-electron chi connectivity index (χ4n) is 1.83. The Hall–Kier alpha value is -2.44. The maximum Gasteiger partial charge on any atom is 0.338 e. The number of aryl methyl sites for hydroxylation is 1. The van der Waals surface area contributed by atoms with Gasteiger partial charge in [-0.15, -0.1) is 0 Å². The first-order valence-corrected chi connectivity index (χ1v) is 6.98. The highest BCUT2D eigenvalue weighted by atomic mass is 16.4. The largest absolute Gasteiger partial charge is 0.478 e. The molecule has 7 heteroatoms. The highest BCUT2D eigenvalue weighted by Gasteiger charge is 2.37. The molecule has 0 aromatic carbocycles. The zero-order chi connectivity index (χ0) is 17.1. The molecule has 2 amide bonds. The molecule has 0 spiro atoms. The van der Waals surface area contributed by atoms with Crippen molar-refractivity contribution in [1.82, 2.24) is 10.3 Å². The van der Waals surface area contributed by atoms with Crippen LogP contribution >= 0.6 is 0 Å². The Bertz CT molecular complexity index is 613. The zero-order valence-corrected chi connectivity index (χ0v) is 13.1. The maximum absolute atomic E-state index is 12.3. The summed E-state index contributed by atoms with van der Waals surface area (Å²) >= 11 is 0. The van der Waals surface area contributed by atoms with Crippen LogP contribution < -0.4 is 11.1 Å². The predicted octanol–water partition coefficient (Wildman–Crippen LogP) is 0.972. The Labute approximate surface area is 128 Å². The van der Waals surface area contributed by atoms with Crippen molar-refractivity contribution in [3.63, 3.8) is 0 Å². The third-order valence-corrected chi connectivity index (χ3v) is 3.84. The van der Waals surface area contributed by atoms with Crippen LogP contribution in [0.3, 0.4) is 0 Å². The van der Waals surface area contributed by atoms with Crippen molar-refractivity contribution in [3.8, 4) is 0 Å². The summed E-state index contributed by atoms with van der Waals surface area (Å²) in [6, 6.07) is 1.40. The second-order valence-corrected chi connectivity index (χ2v) is 5.57. The number of pyridine rings is 1. The smallest absolute Gasteiger partial charge is 0.338 e. The van der Waals surface area contributed by atoms with E-state index in [-0.39, 0.29) is 17.2 Å². The molecular formula is C15H21N3O4. The lowest BCUT2D eigenvalue weighted by atomic mass is 9.87. The van der Waals surface area contributed by atoms with Crippen LogP contribution in [0.25, 0.3) is 0 Å². The SMILES string of the molecule is CCc1cnc(C(=O)NC(C)(C(N)=O)C(C)C)c(C(=O)O)c1. The number of hydrogen-bond donors (Lipinski definition) is 3. The van der Waals surface area contributed by atoms with E-state index in [0.717, 1.165) is 0 Å². The molecule has 0 radical (unpaired) electrons. The number of nitrogens with zero attached hydrogens (tertiary/aromatic N) is 1. The number of amides is 2. The van der Waals surface area contributed by atoms with E-state index < -0.39 is 23.3 Å². The van der Waals surface area contributed by atoms with Crippen molar-refractivity contribution >= 4 is 17.8 Å². The Morgan fingerprint density at radius 1 is 1.41 bits per heavy atom. The van der Waals surface area contributed by atoms with Gasteiger partial charge in [0.1, 0.15) is 11.2 Å². The Morgan fingerprint density at radius 3 is 2.41 bits per heavy atom. The third-order valence-electron chi connectivity index (χ3n) is 3.84. The molecule has 0 aliphatic heterocycles. The number of carbonyl (C=O) groups excluding carboxylic acids is 2. The van der Waals surface area contributed by atoms with Crippen molar-refractivity contribution < 1.29 is 19.5 Å². The van der Waals surface area contributed by atoms with Gasteiger partial charge in [0.2, 0.25) is 5.91 Å². The summed E-state index contributed by atoms with van der Waals surface area (Å²) in [5.74, 6) is -2.96. The van der Waals surface area contributed by atoms with E-state index in [1.807, 2.05) is 6.92 Å². The number of hydrogen-bond acceptors (Lipinski definition) is 4. The fraction of sp³-hybridized carbons (Fsp3) is 0.467.